The summed E-state index contributed by atoms with van der Waals surface area (Å²) in [5, 5.41) is 0. The molecule has 0 bridgehead atoms. The Morgan fingerprint density at radius 1 is 1.07 bits per heavy atom. The molecule has 0 N–H and O–H groups in total. The van der Waals surface area contributed by atoms with Crippen LogP contribution in [0, 0.1) is 0 Å². The van der Waals surface area contributed by atoms with Gasteiger partial charge in [-0.05, 0) is 49.2 Å². The lowest BCUT2D eigenvalue weighted by molar-refractivity contribution is 0.0737. The average molecular weight is 380 g/mol. The first-order chi connectivity index (χ1) is 13.7. The minimum absolute atomic E-state index is 0.0265. The van der Waals surface area contributed by atoms with Crippen molar-refractivity contribution in [1.29, 1.82) is 0 Å². The lowest BCUT2D eigenvalue weighted by Gasteiger charge is -2.22. The lowest BCUT2D eigenvalue weighted by atomic mass is 10.2. The number of carbonyl (C=O) groups excluding carboxylic acids is 1. The van der Waals surface area contributed by atoms with Gasteiger partial charge in [0.2, 0.25) is 0 Å². The van der Waals surface area contributed by atoms with E-state index >= 15 is 0 Å². The number of fused-ring (bicyclic) bond motifs is 1. The molecule has 3 aromatic rings. The van der Waals surface area contributed by atoms with E-state index in [1.165, 1.54) is 0 Å². The smallest absolute Gasteiger partial charge is 0.254 e. The summed E-state index contributed by atoms with van der Waals surface area (Å²) >= 11 is 0. The molecule has 2 aromatic carbocycles. The third-order valence-electron chi connectivity index (χ3n) is 4.92. The maximum absolute atomic E-state index is 13.1. The normalized spacial score (nSPS) is 11.0. The molecule has 3 rings (SSSR count). The number of unbranched alkanes of at least 4 members (excludes halogenated alkanes) is 1. The molecule has 0 saturated heterocycles. The summed E-state index contributed by atoms with van der Waals surface area (Å²) in [6.45, 7) is 6.41. The summed E-state index contributed by atoms with van der Waals surface area (Å²) < 4.78 is 7.47. The number of rotatable bonds is 9. The van der Waals surface area contributed by atoms with E-state index < -0.39 is 0 Å². The highest BCUT2D eigenvalue weighted by atomic mass is 16.5. The van der Waals surface area contributed by atoms with E-state index in [0.717, 1.165) is 48.4 Å². The molecule has 0 radical (unpaired) electrons. The highest BCUT2D eigenvalue weighted by Gasteiger charge is 2.19. The van der Waals surface area contributed by atoms with Crippen molar-refractivity contribution in [3.05, 3.63) is 59.9 Å². The highest BCUT2D eigenvalue weighted by molar-refractivity contribution is 5.94. The molecule has 0 saturated carbocycles. The van der Waals surface area contributed by atoms with Gasteiger partial charge in [0.1, 0.15) is 11.6 Å². The molecular formula is C23H29N3O2. The van der Waals surface area contributed by atoms with Crippen LogP contribution in [-0.4, -0.2) is 34.0 Å². The van der Waals surface area contributed by atoms with Gasteiger partial charge < -0.3 is 14.2 Å². The topological polar surface area (TPSA) is 47.4 Å². The fourth-order valence-corrected chi connectivity index (χ4v) is 3.42. The molecule has 0 aliphatic rings. The predicted octanol–water partition coefficient (Wildman–Crippen LogP) is 4.90. The Morgan fingerprint density at radius 2 is 1.82 bits per heavy atom. The highest BCUT2D eigenvalue weighted by Crippen LogP contribution is 2.20. The van der Waals surface area contributed by atoms with Crippen LogP contribution in [0.5, 0.6) is 5.75 Å². The van der Waals surface area contributed by atoms with E-state index in [0.29, 0.717) is 18.7 Å². The van der Waals surface area contributed by atoms with Crippen molar-refractivity contribution in [1.82, 2.24) is 14.5 Å². The van der Waals surface area contributed by atoms with Gasteiger partial charge in [-0.3, -0.25) is 4.79 Å². The largest absolute Gasteiger partial charge is 0.497 e. The van der Waals surface area contributed by atoms with Gasteiger partial charge in [0.25, 0.3) is 5.91 Å². The SMILES string of the molecule is CCCCn1c(CN(CCC)C(=O)c2ccc(OC)cc2)nc2ccccc21. The minimum Gasteiger partial charge on any atom is -0.497 e. The first-order valence-corrected chi connectivity index (χ1v) is 10.0. The number of carbonyl (C=O) groups is 1. The van der Waals surface area contributed by atoms with Crippen molar-refractivity contribution in [2.45, 2.75) is 46.2 Å². The Bertz CT molecular complexity index is 915. The van der Waals surface area contributed by atoms with Crippen LogP contribution in [0.15, 0.2) is 48.5 Å². The average Bonchev–Trinajstić information content (AvgIpc) is 3.08. The standard InChI is InChI=1S/C23H29N3O2/c1-4-6-16-26-21-10-8-7-9-20(21)24-22(26)17-25(15-5-2)23(27)18-11-13-19(28-3)14-12-18/h7-14H,4-6,15-17H2,1-3H3. The van der Waals surface area contributed by atoms with Crippen molar-refractivity contribution in [2.24, 2.45) is 0 Å². The summed E-state index contributed by atoms with van der Waals surface area (Å²) in [6.07, 6.45) is 3.11. The number of aromatic nitrogens is 2. The molecule has 5 nitrogen and oxygen atoms in total. The zero-order valence-corrected chi connectivity index (χ0v) is 17.0. The number of benzene rings is 2. The van der Waals surface area contributed by atoms with Crippen LogP contribution in [0.4, 0.5) is 0 Å². The molecule has 0 aliphatic heterocycles. The second-order valence-corrected chi connectivity index (χ2v) is 6.98. The molecule has 1 amide bonds. The van der Waals surface area contributed by atoms with Gasteiger partial charge in [0.15, 0.2) is 0 Å². The van der Waals surface area contributed by atoms with Crippen LogP contribution in [0.2, 0.25) is 0 Å². The molecule has 1 heterocycles. The quantitative estimate of drug-likeness (QED) is 0.531. The molecule has 0 atom stereocenters. The van der Waals surface area contributed by atoms with Crippen LogP contribution in [0.3, 0.4) is 0 Å². The van der Waals surface area contributed by atoms with Crippen molar-refractivity contribution in [3.8, 4) is 5.75 Å². The van der Waals surface area contributed by atoms with E-state index in [1.807, 2.05) is 47.4 Å². The number of hydrogen-bond donors (Lipinski definition) is 0. The summed E-state index contributed by atoms with van der Waals surface area (Å²) in [6, 6.07) is 15.5. The van der Waals surface area contributed by atoms with E-state index in [-0.39, 0.29) is 5.91 Å². The molecule has 0 aliphatic carbocycles. The van der Waals surface area contributed by atoms with Gasteiger partial charge in [-0.15, -0.1) is 0 Å². The minimum atomic E-state index is 0.0265. The Hall–Kier alpha value is -2.82. The number of amides is 1. The van der Waals surface area contributed by atoms with Crippen LogP contribution < -0.4 is 4.74 Å². The van der Waals surface area contributed by atoms with Gasteiger partial charge in [-0.2, -0.15) is 0 Å². The summed E-state index contributed by atoms with van der Waals surface area (Å²) in [5.41, 5.74) is 2.80. The number of para-hydroxylation sites is 2. The zero-order chi connectivity index (χ0) is 19.9. The molecular weight excluding hydrogens is 350 g/mol. The van der Waals surface area contributed by atoms with Gasteiger partial charge in [-0.1, -0.05) is 32.4 Å². The van der Waals surface area contributed by atoms with Crippen LogP contribution >= 0.6 is 0 Å². The Labute approximate surface area is 166 Å². The number of aryl methyl sites for hydroxylation is 1. The molecule has 148 valence electrons. The Balaban J connectivity index is 1.90. The maximum atomic E-state index is 13.1. The number of hydrogen-bond acceptors (Lipinski definition) is 3. The Morgan fingerprint density at radius 3 is 2.50 bits per heavy atom. The Kier molecular flexibility index (Phi) is 6.69. The van der Waals surface area contributed by atoms with Crippen LogP contribution in [0.1, 0.15) is 49.3 Å². The van der Waals surface area contributed by atoms with Gasteiger partial charge in [0.05, 0.1) is 24.7 Å². The number of nitrogens with zero attached hydrogens (tertiary/aromatic N) is 3. The summed E-state index contributed by atoms with van der Waals surface area (Å²) in [4.78, 5) is 19.9. The van der Waals surface area contributed by atoms with E-state index in [2.05, 4.69) is 24.5 Å². The van der Waals surface area contributed by atoms with Crippen molar-refractivity contribution in [2.75, 3.05) is 13.7 Å². The second kappa shape index (κ2) is 9.40. The molecule has 28 heavy (non-hydrogen) atoms. The van der Waals surface area contributed by atoms with E-state index in [1.54, 1.807) is 7.11 Å². The second-order valence-electron chi connectivity index (χ2n) is 6.98. The molecule has 1 aromatic heterocycles. The zero-order valence-electron chi connectivity index (χ0n) is 17.0. The number of methoxy groups -OCH3 is 1. The predicted molar refractivity (Wildman–Crippen MR) is 113 cm³/mol. The van der Waals surface area contributed by atoms with Gasteiger partial charge in [-0.25, -0.2) is 4.98 Å². The fraction of sp³-hybridized carbons (Fsp3) is 0.391. The van der Waals surface area contributed by atoms with Crippen molar-refractivity contribution < 1.29 is 9.53 Å². The third-order valence-corrected chi connectivity index (χ3v) is 4.92. The number of ether oxygens (including phenoxy) is 1. The molecule has 0 spiro atoms. The maximum Gasteiger partial charge on any atom is 0.254 e. The fourth-order valence-electron chi connectivity index (χ4n) is 3.42. The lowest BCUT2D eigenvalue weighted by Crippen LogP contribution is -2.32. The summed E-state index contributed by atoms with van der Waals surface area (Å²) in [7, 11) is 1.63. The van der Waals surface area contributed by atoms with Crippen LogP contribution in [0.25, 0.3) is 11.0 Å². The number of imidazole rings is 1. The van der Waals surface area contributed by atoms with Crippen molar-refractivity contribution in [3.63, 3.8) is 0 Å². The third kappa shape index (κ3) is 4.35. The van der Waals surface area contributed by atoms with Gasteiger partial charge >= 0.3 is 0 Å². The van der Waals surface area contributed by atoms with E-state index in [4.69, 9.17) is 9.72 Å². The first-order valence-electron chi connectivity index (χ1n) is 10.0. The summed E-state index contributed by atoms with van der Waals surface area (Å²) in [5.74, 6) is 1.73. The first kappa shape index (κ1) is 19.9. The molecule has 0 fully saturated rings. The molecule has 5 heteroatoms. The van der Waals surface area contributed by atoms with Crippen molar-refractivity contribution >= 4 is 16.9 Å². The van der Waals surface area contributed by atoms with Gasteiger partial charge in [0, 0.05) is 18.7 Å². The monoisotopic (exact) mass is 379 g/mol. The molecule has 0 unspecified atom stereocenters. The van der Waals surface area contributed by atoms with E-state index in [9.17, 15) is 4.79 Å². The van der Waals surface area contributed by atoms with Crippen LogP contribution in [-0.2, 0) is 13.1 Å².